The maximum atomic E-state index is 12.6. The Hall–Kier alpha value is -2.08. The molecule has 2 amide bonds. The van der Waals surface area contributed by atoms with E-state index < -0.39 is 0 Å². The van der Waals surface area contributed by atoms with Crippen LogP contribution in [0.1, 0.15) is 36.5 Å². The maximum absolute atomic E-state index is 12.6. The highest BCUT2D eigenvalue weighted by molar-refractivity contribution is 6.01. The van der Waals surface area contributed by atoms with E-state index in [2.05, 4.69) is 17.6 Å². The third kappa shape index (κ3) is 4.69. The van der Waals surface area contributed by atoms with Crippen LogP contribution in [0.25, 0.3) is 0 Å². The fourth-order valence-corrected chi connectivity index (χ4v) is 2.51. The zero-order chi connectivity index (χ0) is 16.7. The van der Waals surface area contributed by atoms with Gasteiger partial charge in [0, 0.05) is 37.9 Å². The van der Waals surface area contributed by atoms with Gasteiger partial charge in [0.05, 0.1) is 18.8 Å². The van der Waals surface area contributed by atoms with E-state index in [1.165, 1.54) is 0 Å². The molecule has 1 saturated heterocycles. The minimum atomic E-state index is -0.0125. The van der Waals surface area contributed by atoms with Crippen molar-refractivity contribution in [3.8, 4) is 0 Å². The highest BCUT2D eigenvalue weighted by Gasteiger charge is 2.21. The number of carbonyl (C=O) groups is 2. The molecular weight excluding hydrogens is 294 g/mol. The molecule has 0 spiro atoms. The van der Waals surface area contributed by atoms with E-state index in [1.807, 2.05) is 0 Å². The number of unbranched alkanes of at least 4 members (excludes halogenated alkanes) is 1. The summed E-state index contributed by atoms with van der Waals surface area (Å²) in [6.45, 7) is 4.42. The SMILES string of the molecule is CCCCC(=O)Nc1ccc(C(=O)N2CCOCC2)c(NC)c1. The molecule has 0 radical (unpaired) electrons. The van der Waals surface area contributed by atoms with Crippen LogP contribution in [-0.2, 0) is 9.53 Å². The minimum Gasteiger partial charge on any atom is -0.387 e. The van der Waals surface area contributed by atoms with Crippen molar-refractivity contribution >= 4 is 23.2 Å². The summed E-state index contributed by atoms with van der Waals surface area (Å²) in [6, 6.07) is 5.34. The van der Waals surface area contributed by atoms with Crippen molar-refractivity contribution < 1.29 is 14.3 Å². The predicted octanol–water partition coefficient (Wildman–Crippen LogP) is 2.33. The number of benzene rings is 1. The summed E-state index contributed by atoms with van der Waals surface area (Å²) >= 11 is 0. The van der Waals surface area contributed by atoms with Crippen LogP contribution in [0.15, 0.2) is 18.2 Å². The fraction of sp³-hybridized carbons (Fsp3) is 0.529. The first-order valence-electron chi connectivity index (χ1n) is 8.14. The third-order valence-corrected chi connectivity index (χ3v) is 3.86. The average molecular weight is 319 g/mol. The molecule has 23 heavy (non-hydrogen) atoms. The molecule has 0 aliphatic carbocycles. The molecule has 1 aromatic rings. The molecule has 2 N–H and O–H groups in total. The predicted molar refractivity (Wildman–Crippen MR) is 90.9 cm³/mol. The van der Waals surface area contributed by atoms with Gasteiger partial charge in [0.15, 0.2) is 0 Å². The Balaban J connectivity index is 2.09. The standard InChI is InChI=1S/C17H25N3O3/c1-3-4-5-16(21)19-13-6-7-14(15(12-13)18-2)17(22)20-8-10-23-11-9-20/h6-7,12,18H,3-5,8-11H2,1-2H3,(H,19,21). The number of hydrogen-bond donors (Lipinski definition) is 2. The lowest BCUT2D eigenvalue weighted by Gasteiger charge is -2.27. The van der Waals surface area contributed by atoms with Gasteiger partial charge in [-0.05, 0) is 24.6 Å². The molecule has 6 heteroatoms. The average Bonchev–Trinajstić information content (AvgIpc) is 2.60. The van der Waals surface area contributed by atoms with Crippen molar-refractivity contribution in [2.45, 2.75) is 26.2 Å². The van der Waals surface area contributed by atoms with Crippen molar-refractivity contribution in [2.24, 2.45) is 0 Å². The molecule has 1 heterocycles. The number of nitrogens with zero attached hydrogens (tertiary/aromatic N) is 1. The summed E-state index contributed by atoms with van der Waals surface area (Å²) < 4.78 is 5.28. The molecule has 2 rings (SSSR count). The van der Waals surface area contributed by atoms with Crippen molar-refractivity contribution in [3.63, 3.8) is 0 Å². The van der Waals surface area contributed by atoms with Crippen LogP contribution in [0.2, 0.25) is 0 Å². The van der Waals surface area contributed by atoms with Crippen LogP contribution in [0, 0.1) is 0 Å². The van der Waals surface area contributed by atoms with E-state index in [1.54, 1.807) is 30.1 Å². The van der Waals surface area contributed by atoms with Crippen LogP contribution in [0.3, 0.4) is 0 Å². The second kappa shape index (κ2) is 8.53. The van der Waals surface area contributed by atoms with Gasteiger partial charge in [-0.1, -0.05) is 13.3 Å². The van der Waals surface area contributed by atoms with Gasteiger partial charge in [0.25, 0.3) is 5.91 Å². The van der Waals surface area contributed by atoms with Gasteiger partial charge in [0.1, 0.15) is 0 Å². The fourth-order valence-electron chi connectivity index (χ4n) is 2.51. The van der Waals surface area contributed by atoms with Crippen LogP contribution < -0.4 is 10.6 Å². The number of amides is 2. The number of carbonyl (C=O) groups excluding carboxylic acids is 2. The van der Waals surface area contributed by atoms with Gasteiger partial charge in [-0.25, -0.2) is 0 Å². The molecule has 0 atom stereocenters. The highest BCUT2D eigenvalue weighted by atomic mass is 16.5. The molecular formula is C17H25N3O3. The van der Waals surface area contributed by atoms with Crippen LogP contribution in [0.5, 0.6) is 0 Å². The quantitative estimate of drug-likeness (QED) is 0.844. The van der Waals surface area contributed by atoms with E-state index in [0.717, 1.165) is 18.5 Å². The van der Waals surface area contributed by atoms with Crippen molar-refractivity contribution in [1.29, 1.82) is 0 Å². The lowest BCUT2D eigenvalue weighted by molar-refractivity contribution is -0.116. The summed E-state index contributed by atoms with van der Waals surface area (Å²) in [7, 11) is 1.77. The van der Waals surface area contributed by atoms with Crippen LogP contribution >= 0.6 is 0 Å². The smallest absolute Gasteiger partial charge is 0.256 e. The van der Waals surface area contributed by atoms with Crippen molar-refractivity contribution in [3.05, 3.63) is 23.8 Å². The number of morpholine rings is 1. The Morgan fingerprint density at radius 2 is 2.00 bits per heavy atom. The molecule has 0 saturated carbocycles. The lowest BCUT2D eigenvalue weighted by Crippen LogP contribution is -2.40. The van der Waals surface area contributed by atoms with E-state index >= 15 is 0 Å². The Labute approximate surface area is 137 Å². The Morgan fingerprint density at radius 3 is 2.65 bits per heavy atom. The van der Waals surface area contributed by atoms with Gasteiger partial charge in [-0.15, -0.1) is 0 Å². The first-order chi connectivity index (χ1) is 11.2. The first-order valence-corrected chi connectivity index (χ1v) is 8.14. The Morgan fingerprint density at radius 1 is 1.26 bits per heavy atom. The molecule has 1 aromatic carbocycles. The van der Waals surface area contributed by atoms with Gasteiger partial charge in [0.2, 0.25) is 5.91 Å². The second-order valence-corrected chi connectivity index (χ2v) is 5.57. The van der Waals surface area contributed by atoms with Gasteiger partial charge < -0.3 is 20.3 Å². The molecule has 1 aliphatic rings. The van der Waals surface area contributed by atoms with E-state index in [9.17, 15) is 9.59 Å². The summed E-state index contributed by atoms with van der Waals surface area (Å²) in [5, 5.41) is 5.92. The summed E-state index contributed by atoms with van der Waals surface area (Å²) in [4.78, 5) is 26.2. The molecule has 0 aromatic heterocycles. The number of hydrogen-bond acceptors (Lipinski definition) is 4. The Kier molecular flexibility index (Phi) is 6.40. The normalized spacial score (nSPS) is 14.4. The van der Waals surface area contributed by atoms with Gasteiger partial charge in [-0.2, -0.15) is 0 Å². The topological polar surface area (TPSA) is 70.7 Å². The Bertz CT molecular complexity index is 554. The van der Waals surface area contributed by atoms with Crippen LogP contribution in [0.4, 0.5) is 11.4 Å². The number of rotatable bonds is 6. The molecule has 1 fully saturated rings. The molecule has 6 nitrogen and oxygen atoms in total. The first kappa shape index (κ1) is 17.3. The number of nitrogens with one attached hydrogen (secondary N) is 2. The third-order valence-electron chi connectivity index (χ3n) is 3.86. The lowest BCUT2D eigenvalue weighted by atomic mass is 10.1. The minimum absolute atomic E-state index is 0.00107. The van der Waals surface area contributed by atoms with Gasteiger partial charge >= 0.3 is 0 Å². The van der Waals surface area contributed by atoms with Crippen LogP contribution in [-0.4, -0.2) is 50.1 Å². The number of anilines is 2. The monoisotopic (exact) mass is 319 g/mol. The molecule has 0 unspecified atom stereocenters. The van der Waals surface area contributed by atoms with Gasteiger partial charge in [-0.3, -0.25) is 9.59 Å². The number of ether oxygens (including phenoxy) is 1. The zero-order valence-corrected chi connectivity index (χ0v) is 13.9. The molecule has 126 valence electrons. The summed E-state index contributed by atoms with van der Waals surface area (Å²) in [5.74, 6) is -0.0114. The van der Waals surface area contributed by atoms with Crippen molar-refractivity contribution in [2.75, 3.05) is 44.0 Å². The largest absolute Gasteiger partial charge is 0.387 e. The van der Waals surface area contributed by atoms with E-state index in [-0.39, 0.29) is 11.8 Å². The summed E-state index contributed by atoms with van der Waals surface area (Å²) in [5.41, 5.74) is 2.03. The van der Waals surface area contributed by atoms with E-state index in [0.29, 0.717) is 44.0 Å². The maximum Gasteiger partial charge on any atom is 0.256 e. The van der Waals surface area contributed by atoms with E-state index in [4.69, 9.17) is 4.74 Å². The molecule has 0 bridgehead atoms. The highest BCUT2D eigenvalue weighted by Crippen LogP contribution is 2.23. The zero-order valence-electron chi connectivity index (χ0n) is 13.9. The summed E-state index contributed by atoms with van der Waals surface area (Å²) in [6.07, 6.45) is 2.38. The second-order valence-electron chi connectivity index (χ2n) is 5.57. The molecule has 1 aliphatic heterocycles. The van der Waals surface area contributed by atoms with Crippen molar-refractivity contribution in [1.82, 2.24) is 4.90 Å².